The molecule has 0 fully saturated rings. The van der Waals surface area contributed by atoms with E-state index < -0.39 is 6.10 Å². The second-order valence-electron chi connectivity index (χ2n) is 5.16. The molecule has 2 heteroatoms. The Kier molecular flexibility index (Phi) is 3.26. The summed E-state index contributed by atoms with van der Waals surface area (Å²) in [6.45, 7) is 2.49. The number of fused-ring (bicyclic) bond motifs is 1. The minimum Gasteiger partial charge on any atom is -0.493 e. The molecule has 3 rings (SSSR count). The molecule has 2 atom stereocenters. The molecule has 0 bridgehead atoms. The summed E-state index contributed by atoms with van der Waals surface area (Å²) in [6.07, 6.45) is 0.689. The fourth-order valence-corrected chi connectivity index (χ4v) is 2.55. The summed E-state index contributed by atoms with van der Waals surface area (Å²) >= 11 is 0. The predicted molar refractivity (Wildman–Crippen MR) is 75.5 cm³/mol. The van der Waals surface area contributed by atoms with Crippen molar-refractivity contribution in [1.29, 1.82) is 0 Å². The first-order valence-electron chi connectivity index (χ1n) is 6.72. The van der Waals surface area contributed by atoms with Gasteiger partial charge in [-0.25, -0.2) is 0 Å². The average Bonchev–Trinajstić information content (AvgIpc) is 2.40. The van der Waals surface area contributed by atoms with Crippen LogP contribution < -0.4 is 4.74 Å². The van der Waals surface area contributed by atoms with Gasteiger partial charge in [-0.1, -0.05) is 36.4 Å². The molecule has 0 spiro atoms. The Morgan fingerprint density at radius 2 is 1.89 bits per heavy atom. The first-order chi connectivity index (χ1) is 9.24. The van der Waals surface area contributed by atoms with Gasteiger partial charge in [0.15, 0.2) is 0 Å². The van der Waals surface area contributed by atoms with E-state index in [1.165, 1.54) is 11.1 Å². The van der Waals surface area contributed by atoms with Crippen molar-refractivity contribution in [3.63, 3.8) is 0 Å². The molecule has 1 aliphatic carbocycles. The van der Waals surface area contributed by atoms with Crippen LogP contribution in [0.15, 0.2) is 48.5 Å². The molecule has 0 aromatic heterocycles. The minimum atomic E-state index is -0.424. The van der Waals surface area contributed by atoms with Gasteiger partial charge >= 0.3 is 0 Å². The summed E-state index contributed by atoms with van der Waals surface area (Å²) in [5.41, 5.74) is 3.78. The number of rotatable bonds is 4. The van der Waals surface area contributed by atoms with Crippen LogP contribution in [0.5, 0.6) is 5.75 Å². The van der Waals surface area contributed by atoms with Crippen LogP contribution in [-0.2, 0) is 6.42 Å². The predicted octanol–water partition coefficient (Wildman–Crippen LogP) is 3.46. The van der Waals surface area contributed by atoms with E-state index in [4.69, 9.17) is 4.74 Å². The van der Waals surface area contributed by atoms with E-state index in [-0.39, 0.29) is 0 Å². The van der Waals surface area contributed by atoms with E-state index >= 15 is 0 Å². The fraction of sp³-hybridized carbons (Fsp3) is 0.294. The molecule has 2 aromatic rings. The van der Waals surface area contributed by atoms with Crippen molar-refractivity contribution in [2.24, 2.45) is 0 Å². The lowest BCUT2D eigenvalue weighted by molar-refractivity contribution is 0.199. The molecule has 1 N–H and O–H groups in total. The van der Waals surface area contributed by atoms with Crippen molar-refractivity contribution in [2.75, 3.05) is 6.61 Å². The number of aliphatic hydroxyl groups excluding tert-OH is 1. The second-order valence-corrected chi connectivity index (χ2v) is 5.16. The highest BCUT2D eigenvalue weighted by atomic mass is 16.5. The molecule has 0 heterocycles. The van der Waals surface area contributed by atoms with E-state index in [0.29, 0.717) is 5.92 Å². The third kappa shape index (κ3) is 2.49. The summed E-state index contributed by atoms with van der Waals surface area (Å²) in [5, 5.41) is 9.45. The van der Waals surface area contributed by atoms with E-state index in [0.717, 1.165) is 24.3 Å². The Hall–Kier alpha value is -1.80. The van der Waals surface area contributed by atoms with Crippen LogP contribution in [0, 0.1) is 0 Å². The first kappa shape index (κ1) is 12.2. The number of hydrogen-bond donors (Lipinski definition) is 1. The summed E-state index contributed by atoms with van der Waals surface area (Å²) in [6, 6.07) is 16.2. The number of benzene rings is 2. The zero-order chi connectivity index (χ0) is 13.2. The molecule has 0 saturated heterocycles. The summed E-state index contributed by atoms with van der Waals surface area (Å²) in [5.74, 6) is 1.39. The van der Waals surface area contributed by atoms with Crippen molar-refractivity contribution in [2.45, 2.75) is 25.4 Å². The number of aliphatic hydroxyl groups is 1. The minimum absolute atomic E-state index is 0.424. The van der Waals surface area contributed by atoms with Gasteiger partial charge in [0.05, 0.1) is 12.7 Å². The topological polar surface area (TPSA) is 29.5 Å². The van der Waals surface area contributed by atoms with E-state index in [9.17, 15) is 5.11 Å². The molecule has 0 saturated carbocycles. The van der Waals surface area contributed by atoms with Crippen molar-refractivity contribution in [1.82, 2.24) is 0 Å². The maximum atomic E-state index is 9.45. The van der Waals surface area contributed by atoms with Gasteiger partial charge in [-0.15, -0.1) is 0 Å². The monoisotopic (exact) mass is 254 g/mol. The smallest absolute Gasteiger partial charge is 0.119 e. The van der Waals surface area contributed by atoms with E-state index in [1.54, 1.807) is 6.92 Å². The van der Waals surface area contributed by atoms with Crippen LogP contribution in [0.1, 0.15) is 35.6 Å². The van der Waals surface area contributed by atoms with Crippen LogP contribution in [-0.4, -0.2) is 11.7 Å². The molecular weight excluding hydrogens is 236 g/mol. The summed E-state index contributed by atoms with van der Waals surface area (Å²) in [7, 11) is 0. The van der Waals surface area contributed by atoms with Gasteiger partial charge < -0.3 is 9.84 Å². The average molecular weight is 254 g/mol. The third-order valence-corrected chi connectivity index (χ3v) is 3.77. The normalized spacial score (nSPS) is 18.3. The standard InChI is InChI=1S/C17H18O2/c1-12(18)13-6-8-16(9-7-13)19-11-15-10-14-4-2-3-5-17(14)15/h2-9,12,15,18H,10-11H2,1H3/t12-,15?/m0/s1. The lowest BCUT2D eigenvalue weighted by atomic mass is 9.78. The Labute approximate surface area is 113 Å². The van der Waals surface area contributed by atoms with Crippen molar-refractivity contribution >= 4 is 0 Å². The Morgan fingerprint density at radius 3 is 2.58 bits per heavy atom. The molecule has 0 amide bonds. The zero-order valence-electron chi connectivity index (χ0n) is 11.0. The summed E-state index contributed by atoms with van der Waals surface area (Å²) < 4.78 is 5.82. The Balaban J connectivity index is 1.59. The van der Waals surface area contributed by atoms with E-state index in [2.05, 4.69) is 24.3 Å². The third-order valence-electron chi connectivity index (χ3n) is 3.77. The van der Waals surface area contributed by atoms with Crippen LogP contribution in [0.2, 0.25) is 0 Å². The quantitative estimate of drug-likeness (QED) is 0.905. The van der Waals surface area contributed by atoms with Crippen LogP contribution in [0.4, 0.5) is 0 Å². The lowest BCUT2D eigenvalue weighted by Crippen LogP contribution is -2.23. The Morgan fingerprint density at radius 1 is 1.16 bits per heavy atom. The van der Waals surface area contributed by atoms with Gasteiger partial charge in [0.1, 0.15) is 5.75 Å². The molecule has 0 radical (unpaired) electrons. The van der Waals surface area contributed by atoms with Gasteiger partial charge in [0, 0.05) is 5.92 Å². The highest BCUT2D eigenvalue weighted by Gasteiger charge is 2.25. The first-order valence-corrected chi connectivity index (χ1v) is 6.72. The Bertz CT molecular complexity index is 558. The molecule has 2 aromatic carbocycles. The maximum Gasteiger partial charge on any atom is 0.119 e. The number of hydrogen-bond acceptors (Lipinski definition) is 2. The second kappa shape index (κ2) is 5.06. The van der Waals surface area contributed by atoms with Gasteiger partial charge in [0.2, 0.25) is 0 Å². The van der Waals surface area contributed by atoms with Crippen molar-refractivity contribution in [3.8, 4) is 5.75 Å². The van der Waals surface area contributed by atoms with Crippen LogP contribution in [0.3, 0.4) is 0 Å². The zero-order valence-corrected chi connectivity index (χ0v) is 11.0. The van der Waals surface area contributed by atoms with Gasteiger partial charge in [-0.2, -0.15) is 0 Å². The highest BCUT2D eigenvalue weighted by Crippen LogP contribution is 2.35. The molecule has 1 unspecified atom stereocenters. The highest BCUT2D eigenvalue weighted by molar-refractivity contribution is 5.40. The molecular formula is C17H18O2. The van der Waals surface area contributed by atoms with Crippen LogP contribution in [0.25, 0.3) is 0 Å². The number of ether oxygens (including phenoxy) is 1. The summed E-state index contributed by atoms with van der Waals surface area (Å²) in [4.78, 5) is 0. The largest absolute Gasteiger partial charge is 0.493 e. The maximum absolute atomic E-state index is 9.45. The molecule has 19 heavy (non-hydrogen) atoms. The molecule has 1 aliphatic rings. The fourth-order valence-electron chi connectivity index (χ4n) is 2.55. The molecule has 0 aliphatic heterocycles. The van der Waals surface area contributed by atoms with Gasteiger partial charge in [0.25, 0.3) is 0 Å². The molecule has 98 valence electrons. The molecule has 2 nitrogen and oxygen atoms in total. The van der Waals surface area contributed by atoms with Crippen molar-refractivity contribution < 1.29 is 9.84 Å². The van der Waals surface area contributed by atoms with Crippen LogP contribution >= 0.6 is 0 Å². The van der Waals surface area contributed by atoms with Crippen molar-refractivity contribution in [3.05, 3.63) is 65.2 Å². The SMILES string of the molecule is C[C@H](O)c1ccc(OCC2Cc3ccccc32)cc1. The lowest BCUT2D eigenvalue weighted by Gasteiger charge is -2.29. The van der Waals surface area contributed by atoms with Gasteiger partial charge in [-0.05, 0) is 42.2 Å². The van der Waals surface area contributed by atoms with Gasteiger partial charge in [-0.3, -0.25) is 0 Å². The van der Waals surface area contributed by atoms with E-state index in [1.807, 2.05) is 24.3 Å².